The van der Waals surface area contributed by atoms with Gasteiger partial charge in [-0.3, -0.25) is 0 Å². The van der Waals surface area contributed by atoms with E-state index in [4.69, 9.17) is 9.47 Å². The summed E-state index contributed by atoms with van der Waals surface area (Å²) in [5, 5.41) is 0. The van der Waals surface area contributed by atoms with Crippen LogP contribution in [0, 0.1) is 6.92 Å². The van der Waals surface area contributed by atoms with E-state index in [0.717, 1.165) is 12.4 Å². The Labute approximate surface area is 72.1 Å². The summed E-state index contributed by atoms with van der Waals surface area (Å²) in [5.74, 6) is 0.972. The van der Waals surface area contributed by atoms with E-state index < -0.39 is 0 Å². The molecule has 1 aromatic carbocycles. The molecule has 0 N–H and O–H groups in total. The monoisotopic (exact) mass is 164 g/mol. The second-order valence-electron chi connectivity index (χ2n) is 3.02. The molecule has 1 saturated heterocycles. The normalized spacial score (nSPS) is 20.7. The van der Waals surface area contributed by atoms with E-state index in [1.165, 1.54) is 11.1 Å². The summed E-state index contributed by atoms with van der Waals surface area (Å²) in [6.45, 7) is 2.88. The molecule has 2 rings (SSSR count). The maximum Gasteiger partial charge on any atom is 0.127 e. The van der Waals surface area contributed by atoms with Crippen molar-refractivity contribution in [3.8, 4) is 5.75 Å². The van der Waals surface area contributed by atoms with E-state index in [9.17, 15) is 0 Å². The Bertz CT molecular complexity index is 290. The Morgan fingerprint density at radius 2 is 2.25 bits per heavy atom. The van der Waals surface area contributed by atoms with E-state index in [0.29, 0.717) is 0 Å². The molecule has 1 heterocycles. The highest BCUT2D eigenvalue weighted by Crippen LogP contribution is 2.37. The SMILES string of the molecule is COc1c(C)cccc1[C@@H]1CO1. The van der Waals surface area contributed by atoms with Crippen LogP contribution >= 0.6 is 0 Å². The minimum absolute atomic E-state index is 0.278. The van der Waals surface area contributed by atoms with Crippen LogP contribution in [0.2, 0.25) is 0 Å². The topological polar surface area (TPSA) is 21.8 Å². The van der Waals surface area contributed by atoms with Gasteiger partial charge in [0.2, 0.25) is 0 Å². The lowest BCUT2D eigenvalue weighted by Gasteiger charge is -2.08. The fourth-order valence-corrected chi connectivity index (χ4v) is 1.44. The van der Waals surface area contributed by atoms with Gasteiger partial charge >= 0.3 is 0 Å². The van der Waals surface area contributed by atoms with E-state index in [-0.39, 0.29) is 6.10 Å². The van der Waals surface area contributed by atoms with Crippen LogP contribution in [0.3, 0.4) is 0 Å². The van der Waals surface area contributed by atoms with Gasteiger partial charge in [0.25, 0.3) is 0 Å². The number of hydrogen-bond acceptors (Lipinski definition) is 2. The summed E-state index contributed by atoms with van der Waals surface area (Å²) in [5.41, 5.74) is 2.35. The first-order valence-corrected chi connectivity index (χ1v) is 4.08. The van der Waals surface area contributed by atoms with Gasteiger partial charge < -0.3 is 9.47 Å². The lowest BCUT2D eigenvalue weighted by molar-refractivity contribution is 0.381. The number of rotatable bonds is 2. The zero-order valence-corrected chi connectivity index (χ0v) is 7.33. The van der Waals surface area contributed by atoms with Crippen LogP contribution in [0.5, 0.6) is 5.75 Å². The zero-order chi connectivity index (χ0) is 8.55. The molecule has 0 aliphatic carbocycles. The highest BCUT2D eigenvalue weighted by atomic mass is 16.6. The van der Waals surface area contributed by atoms with Gasteiger partial charge in [0.1, 0.15) is 11.9 Å². The van der Waals surface area contributed by atoms with Gasteiger partial charge in [0, 0.05) is 5.56 Å². The van der Waals surface area contributed by atoms with Crippen molar-refractivity contribution in [3.05, 3.63) is 29.3 Å². The van der Waals surface area contributed by atoms with Crippen LogP contribution in [0.4, 0.5) is 0 Å². The zero-order valence-electron chi connectivity index (χ0n) is 7.33. The van der Waals surface area contributed by atoms with Crippen molar-refractivity contribution >= 4 is 0 Å². The number of para-hydroxylation sites is 1. The molecule has 1 atom stereocenters. The van der Waals surface area contributed by atoms with Gasteiger partial charge in [-0.25, -0.2) is 0 Å². The Morgan fingerprint density at radius 3 is 2.83 bits per heavy atom. The number of aryl methyl sites for hydroxylation is 1. The minimum atomic E-state index is 0.278. The van der Waals surface area contributed by atoms with Gasteiger partial charge in [0.15, 0.2) is 0 Å². The molecule has 2 nitrogen and oxygen atoms in total. The molecule has 2 heteroatoms. The van der Waals surface area contributed by atoms with E-state index in [1.54, 1.807) is 7.11 Å². The summed E-state index contributed by atoms with van der Waals surface area (Å²) in [4.78, 5) is 0. The largest absolute Gasteiger partial charge is 0.496 e. The quantitative estimate of drug-likeness (QED) is 0.624. The third-order valence-electron chi connectivity index (χ3n) is 2.13. The van der Waals surface area contributed by atoms with Crippen molar-refractivity contribution in [2.75, 3.05) is 13.7 Å². The number of ether oxygens (including phenoxy) is 2. The Balaban J connectivity index is 2.43. The molecule has 1 aliphatic heterocycles. The van der Waals surface area contributed by atoms with Crippen molar-refractivity contribution in [3.63, 3.8) is 0 Å². The number of methoxy groups -OCH3 is 1. The molecule has 1 aliphatic rings. The van der Waals surface area contributed by atoms with Gasteiger partial charge in [-0.15, -0.1) is 0 Å². The van der Waals surface area contributed by atoms with Gasteiger partial charge in [-0.2, -0.15) is 0 Å². The molecular formula is C10H12O2. The maximum atomic E-state index is 5.30. The molecule has 0 bridgehead atoms. The standard InChI is InChI=1S/C10H12O2/c1-7-4-3-5-8(9-6-12-9)10(7)11-2/h3-5,9H,6H2,1-2H3/t9-/m0/s1. The average Bonchev–Trinajstić information content (AvgIpc) is 2.86. The fourth-order valence-electron chi connectivity index (χ4n) is 1.44. The summed E-state index contributed by atoms with van der Waals surface area (Å²) < 4.78 is 10.5. The van der Waals surface area contributed by atoms with Crippen molar-refractivity contribution < 1.29 is 9.47 Å². The Morgan fingerprint density at radius 1 is 1.50 bits per heavy atom. The molecular weight excluding hydrogens is 152 g/mol. The van der Waals surface area contributed by atoms with E-state index >= 15 is 0 Å². The summed E-state index contributed by atoms with van der Waals surface area (Å²) >= 11 is 0. The third kappa shape index (κ3) is 1.18. The van der Waals surface area contributed by atoms with Crippen molar-refractivity contribution in [2.24, 2.45) is 0 Å². The smallest absolute Gasteiger partial charge is 0.127 e. The second-order valence-corrected chi connectivity index (χ2v) is 3.02. The average molecular weight is 164 g/mol. The molecule has 0 saturated carbocycles. The Hall–Kier alpha value is -1.02. The van der Waals surface area contributed by atoms with Gasteiger partial charge in [0.05, 0.1) is 13.7 Å². The second kappa shape index (κ2) is 2.79. The highest BCUT2D eigenvalue weighted by molar-refractivity contribution is 5.43. The van der Waals surface area contributed by atoms with Crippen LogP contribution in [0.1, 0.15) is 17.2 Å². The number of benzene rings is 1. The van der Waals surface area contributed by atoms with Crippen LogP contribution in [-0.4, -0.2) is 13.7 Å². The first-order valence-electron chi connectivity index (χ1n) is 4.08. The first kappa shape index (κ1) is 7.62. The van der Waals surface area contributed by atoms with Gasteiger partial charge in [-0.05, 0) is 12.5 Å². The van der Waals surface area contributed by atoms with Gasteiger partial charge in [-0.1, -0.05) is 18.2 Å². The molecule has 1 aromatic rings. The third-order valence-corrected chi connectivity index (χ3v) is 2.13. The van der Waals surface area contributed by atoms with Crippen LogP contribution in [0.25, 0.3) is 0 Å². The Kier molecular flexibility index (Phi) is 1.77. The summed E-state index contributed by atoms with van der Waals surface area (Å²) in [6, 6.07) is 6.14. The number of hydrogen-bond donors (Lipinski definition) is 0. The predicted octanol–water partition coefficient (Wildman–Crippen LogP) is 2.07. The van der Waals surface area contributed by atoms with E-state index in [1.807, 2.05) is 19.1 Å². The maximum absolute atomic E-state index is 5.30. The lowest BCUT2D eigenvalue weighted by atomic mass is 10.1. The molecule has 64 valence electrons. The minimum Gasteiger partial charge on any atom is -0.496 e. The van der Waals surface area contributed by atoms with Crippen molar-refractivity contribution in [1.29, 1.82) is 0 Å². The molecule has 12 heavy (non-hydrogen) atoms. The van der Waals surface area contributed by atoms with Crippen LogP contribution in [-0.2, 0) is 4.74 Å². The molecule has 0 amide bonds. The summed E-state index contributed by atoms with van der Waals surface area (Å²) in [7, 11) is 1.70. The number of epoxide rings is 1. The lowest BCUT2D eigenvalue weighted by Crippen LogP contribution is -1.92. The first-order chi connectivity index (χ1) is 5.83. The molecule has 0 radical (unpaired) electrons. The van der Waals surface area contributed by atoms with Crippen molar-refractivity contribution in [1.82, 2.24) is 0 Å². The van der Waals surface area contributed by atoms with E-state index in [2.05, 4.69) is 6.07 Å². The van der Waals surface area contributed by atoms with Crippen molar-refractivity contribution in [2.45, 2.75) is 13.0 Å². The highest BCUT2D eigenvalue weighted by Gasteiger charge is 2.28. The molecule has 0 spiro atoms. The molecule has 0 aromatic heterocycles. The van der Waals surface area contributed by atoms with Crippen LogP contribution < -0.4 is 4.74 Å². The summed E-state index contributed by atoms with van der Waals surface area (Å²) in [6.07, 6.45) is 0.278. The molecule has 0 unspecified atom stereocenters. The fraction of sp³-hybridized carbons (Fsp3) is 0.400. The molecule has 1 fully saturated rings. The van der Waals surface area contributed by atoms with Crippen LogP contribution in [0.15, 0.2) is 18.2 Å². The predicted molar refractivity (Wildman–Crippen MR) is 46.4 cm³/mol.